The molecule has 0 aromatic carbocycles. The number of carboxylic acid groups (broad SMARTS) is 12. The minimum Gasteiger partial charge on any atom is -0.538 e. The van der Waals surface area contributed by atoms with Gasteiger partial charge in [0, 0.05) is 11.8 Å². The van der Waals surface area contributed by atoms with Gasteiger partial charge in [0.15, 0.2) is 0 Å². The lowest BCUT2D eigenvalue weighted by Crippen LogP contribution is -2.47. The fourth-order valence-corrected chi connectivity index (χ4v) is 2.68. The van der Waals surface area contributed by atoms with Crippen LogP contribution in [-0.4, -0.2) is 150 Å². The summed E-state index contributed by atoms with van der Waals surface area (Å²) in [6, 6.07) is 0. The third kappa shape index (κ3) is 86.8. The van der Waals surface area contributed by atoms with Gasteiger partial charge in [0.25, 0.3) is 0 Å². The van der Waals surface area contributed by atoms with Crippen LogP contribution in [0.2, 0.25) is 0 Å². The van der Waals surface area contributed by atoms with Gasteiger partial charge >= 0.3 is 58.3 Å². The Kier molecular flexibility index (Phi) is 48.7. The molecule has 0 atom stereocenters. The van der Waals surface area contributed by atoms with Crippen molar-refractivity contribution in [1.29, 1.82) is 0 Å². The van der Waals surface area contributed by atoms with Crippen molar-refractivity contribution in [2.45, 2.75) is 27.7 Å². The number of nitrogens with zero attached hydrogens (tertiary/aromatic N) is 1. The van der Waals surface area contributed by atoms with Crippen LogP contribution in [0.25, 0.3) is 0 Å². The Labute approximate surface area is 310 Å². The van der Waals surface area contributed by atoms with E-state index in [1.54, 1.807) is 0 Å². The molecule has 0 aliphatic heterocycles. The summed E-state index contributed by atoms with van der Waals surface area (Å²) in [6.45, 7) is 14.2. The number of carbonyl (C=O) groups excluding carboxylic acids is 1. The average molecular weight is 862 g/mol. The number of thioether (sulfide) groups is 6. The molecule has 0 saturated carbocycles. The van der Waals surface area contributed by atoms with Crippen LogP contribution in [0.3, 0.4) is 0 Å². The van der Waals surface area contributed by atoms with E-state index < -0.39 is 63.6 Å². The molecule has 0 radical (unpaired) electrons. The Bertz CT molecular complexity index is 869. The van der Waals surface area contributed by atoms with E-state index in [0.717, 1.165) is 0 Å². The van der Waals surface area contributed by atoms with Crippen LogP contribution >= 0.6 is 70.6 Å². The molecule has 0 spiro atoms. The quantitative estimate of drug-likeness (QED) is 0.127. The highest BCUT2D eigenvalue weighted by Gasteiger charge is 2.16. The van der Waals surface area contributed by atoms with E-state index in [9.17, 15) is 62.6 Å². The van der Waals surface area contributed by atoms with Crippen LogP contribution < -0.4 is 5.11 Å². The van der Waals surface area contributed by atoms with Crippen molar-refractivity contribution in [3.8, 4) is 0 Å². The van der Waals surface area contributed by atoms with E-state index in [1.165, 1.54) is 30.7 Å². The number of quaternary nitrogens is 1. The molecule has 296 valence electrons. The van der Waals surface area contributed by atoms with Gasteiger partial charge in [0.2, 0.25) is 0 Å². The van der Waals surface area contributed by atoms with Gasteiger partial charge in [-0.25, -0.2) is 52.7 Å². The molecule has 31 heteroatoms. The first-order chi connectivity index (χ1) is 23.0. The molecule has 0 amide bonds. The highest BCUT2D eigenvalue weighted by molar-refractivity contribution is 8.26. The highest BCUT2D eigenvalue weighted by Crippen LogP contribution is 2.04. The molecular weight excluding hydrogens is 831 g/mol. The summed E-state index contributed by atoms with van der Waals surface area (Å²) in [6.07, 6.45) is 0. The predicted molar refractivity (Wildman–Crippen MR) is 182 cm³/mol. The van der Waals surface area contributed by atoms with Crippen LogP contribution in [0.4, 0.5) is 57.5 Å². The molecule has 51 heavy (non-hydrogen) atoms. The SMILES string of the molecule is CC[N+](CC)(CC)CC.O=C(O)SC(=O)O.O=C(O)SC(=O)O.O=C(O)SC(=O)O.O=C(O)SC(=O)O.O=C(O)SC(=O)O.O=C([O-])SC(=O)O. The van der Waals surface area contributed by atoms with Gasteiger partial charge < -0.3 is 70.6 Å². The maximum atomic E-state index is 9.39. The highest BCUT2D eigenvalue weighted by atomic mass is 32.2. The maximum Gasteiger partial charge on any atom is 0.376 e. The monoisotopic (exact) mass is 861 g/mol. The fraction of sp³-hybridized carbons (Fsp3) is 0.400. The first kappa shape index (κ1) is 61.9. The molecule has 0 bridgehead atoms. The van der Waals surface area contributed by atoms with Gasteiger partial charge in [-0.15, -0.1) is 0 Å². The Balaban J connectivity index is -0.0000000888. The zero-order valence-corrected chi connectivity index (χ0v) is 30.9. The molecule has 0 aliphatic rings. The lowest BCUT2D eigenvalue weighted by atomic mass is 10.3. The molecule has 0 heterocycles. The second-order valence-corrected chi connectivity index (χ2v) is 11.8. The Morgan fingerprint density at radius 2 is 0.451 bits per heavy atom. The standard InChI is InChI=1S/C8H20N.6C2H2O4S/c1-5-9(6-2,7-3)8-4;6*3-1(4)7-2(5)6/h5-8H2,1-4H3;6*(H,3,4)(H,5,6)/q+1;;;;;;/p-1. The van der Waals surface area contributed by atoms with Gasteiger partial charge in [-0.3, -0.25) is 0 Å². The zero-order chi connectivity index (χ0) is 42.5. The van der Waals surface area contributed by atoms with Crippen molar-refractivity contribution in [2.24, 2.45) is 0 Å². The average Bonchev–Trinajstić information content (AvgIpc) is 2.88. The number of hydrogen-bond donors (Lipinski definition) is 11. The second-order valence-electron chi connectivity index (χ2n) is 6.39. The third-order valence-corrected chi connectivity index (χ3v) is 5.81. The van der Waals surface area contributed by atoms with Crippen molar-refractivity contribution in [1.82, 2.24) is 0 Å². The lowest BCUT2D eigenvalue weighted by molar-refractivity contribution is -0.921. The van der Waals surface area contributed by atoms with Gasteiger partial charge in [0.05, 0.1) is 85.0 Å². The van der Waals surface area contributed by atoms with Crippen LogP contribution in [0.5, 0.6) is 0 Å². The molecule has 0 aliphatic carbocycles. The first-order valence-corrected chi connectivity index (χ1v) is 16.6. The van der Waals surface area contributed by atoms with Crippen molar-refractivity contribution < 1.29 is 123 Å². The Morgan fingerprint density at radius 1 is 0.333 bits per heavy atom. The molecule has 0 fully saturated rings. The zero-order valence-electron chi connectivity index (χ0n) is 26.0. The van der Waals surface area contributed by atoms with Crippen LogP contribution in [0, 0.1) is 0 Å². The predicted octanol–water partition coefficient (Wildman–Crippen LogP) is 7.00. The summed E-state index contributed by atoms with van der Waals surface area (Å²) in [5, 5.41) is 76.5. The number of carbonyl (C=O) groups is 12. The molecule has 25 nitrogen and oxygen atoms in total. The third-order valence-electron chi connectivity index (χ3n) is 3.73. The largest absolute Gasteiger partial charge is 0.538 e. The minimum absolute atomic E-state index is 0.157. The summed E-state index contributed by atoms with van der Waals surface area (Å²) in [5.41, 5.74) is 0. The van der Waals surface area contributed by atoms with Crippen molar-refractivity contribution in [3.05, 3.63) is 0 Å². The molecule has 0 aromatic rings. The smallest absolute Gasteiger partial charge is 0.376 e. The molecule has 0 rings (SSSR count). The molecule has 0 aromatic heterocycles. The minimum atomic E-state index is -1.65. The van der Waals surface area contributed by atoms with E-state index in [2.05, 4.69) is 27.7 Å². The number of rotatable bonds is 4. The van der Waals surface area contributed by atoms with E-state index in [-0.39, 0.29) is 70.6 Å². The van der Waals surface area contributed by atoms with Gasteiger partial charge in [-0.1, -0.05) is 0 Å². The lowest BCUT2D eigenvalue weighted by Gasteiger charge is -2.34. The maximum absolute atomic E-state index is 9.39. The summed E-state index contributed by atoms with van der Waals surface area (Å²) in [7, 11) is 0. The van der Waals surface area contributed by atoms with Crippen molar-refractivity contribution >= 4 is 134 Å². The Morgan fingerprint density at radius 3 is 0.451 bits per heavy atom. The van der Waals surface area contributed by atoms with E-state index in [1.807, 2.05) is 0 Å². The van der Waals surface area contributed by atoms with Gasteiger partial charge in [0.1, 0.15) is 5.30 Å². The Hall–Kier alpha value is -4.30. The summed E-state index contributed by atoms with van der Waals surface area (Å²) >= 11 is -1.06. The van der Waals surface area contributed by atoms with Crippen LogP contribution in [-0.2, 0) is 0 Å². The first-order valence-electron chi connectivity index (χ1n) is 11.7. The summed E-state index contributed by atoms with van der Waals surface area (Å²) < 4.78 is 1.28. The number of hydrogen-bond acceptors (Lipinski definition) is 19. The van der Waals surface area contributed by atoms with Crippen molar-refractivity contribution in [2.75, 3.05) is 26.2 Å². The van der Waals surface area contributed by atoms with Gasteiger partial charge in [-0.2, -0.15) is 0 Å². The fourth-order valence-electron chi connectivity index (χ4n) is 1.79. The van der Waals surface area contributed by atoms with Crippen molar-refractivity contribution in [3.63, 3.8) is 0 Å². The summed E-state index contributed by atoms with van der Waals surface area (Å²) in [4.78, 5) is 113. The van der Waals surface area contributed by atoms with Crippen LogP contribution in [0.15, 0.2) is 0 Å². The van der Waals surface area contributed by atoms with Gasteiger partial charge in [-0.05, 0) is 27.7 Å². The van der Waals surface area contributed by atoms with Crippen LogP contribution in [0.1, 0.15) is 27.7 Å². The second kappa shape index (κ2) is 40.1. The normalized spacial score (nSPS) is 8.71. The molecule has 0 unspecified atom stereocenters. The molecule has 0 saturated heterocycles. The molecular formula is C20H31NO24S6. The molecule has 11 N–H and O–H groups in total. The topological polar surface area (TPSA) is 450 Å². The van der Waals surface area contributed by atoms with E-state index in [4.69, 9.17) is 56.2 Å². The summed E-state index contributed by atoms with van der Waals surface area (Å²) in [5.74, 6) is 0. The van der Waals surface area contributed by atoms with E-state index in [0.29, 0.717) is 0 Å². The van der Waals surface area contributed by atoms with E-state index >= 15 is 0 Å².